The maximum absolute atomic E-state index is 13.5. The summed E-state index contributed by atoms with van der Waals surface area (Å²) in [5.41, 5.74) is 1.34. The van der Waals surface area contributed by atoms with Crippen LogP contribution in [0, 0.1) is 11.6 Å². The molecule has 0 bridgehead atoms. The Balaban J connectivity index is 1.99. The van der Waals surface area contributed by atoms with Crippen LogP contribution in [0.4, 0.5) is 8.78 Å². The Morgan fingerprint density at radius 1 is 1.31 bits per heavy atom. The van der Waals surface area contributed by atoms with Gasteiger partial charge in [0.2, 0.25) is 0 Å². The van der Waals surface area contributed by atoms with Gasteiger partial charge in [0.05, 0.1) is 18.4 Å². The molecule has 1 aliphatic heterocycles. The van der Waals surface area contributed by atoms with Crippen LogP contribution in [0.25, 0.3) is 0 Å². The van der Waals surface area contributed by atoms with Gasteiger partial charge in [-0.2, -0.15) is 0 Å². The molecule has 1 heterocycles. The van der Waals surface area contributed by atoms with Crippen molar-refractivity contribution < 1.29 is 8.78 Å². The Morgan fingerprint density at radius 2 is 2.19 bits per heavy atom. The maximum atomic E-state index is 13.5. The van der Waals surface area contributed by atoms with Crippen LogP contribution < -0.4 is 5.32 Å². The molecule has 0 fully saturated rings. The van der Waals surface area contributed by atoms with E-state index in [1.165, 1.54) is 6.07 Å². The number of hydrogen-bond donors (Lipinski definition) is 1. The molecule has 2 nitrogen and oxygen atoms in total. The highest BCUT2D eigenvalue weighted by atomic mass is 19.1. The van der Waals surface area contributed by atoms with E-state index in [9.17, 15) is 8.78 Å². The number of halogens is 2. The van der Waals surface area contributed by atoms with Gasteiger partial charge in [-0.1, -0.05) is 0 Å². The van der Waals surface area contributed by atoms with Gasteiger partial charge in [0.25, 0.3) is 0 Å². The van der Waals surface area contributed by atoms with Crippen molar-refractivity contribution in [3.05, 3.63) is 34.9 Å². The second-order valence-corrected chi connectivity index (χ2v) is 4.60. The smallest absolute Gasteiger partial charge is 0.129 e. The monoisotopic (exact) mass is 222 g/mol. The molecule has 0 saturated heterocycles. The molecular formula is C12H12F2N2. The Morgan fingerprint density at radius 3 is 2.94 bits per heavy atom. The Kier molecular flexibility index (Phi) is 1.99. The molecule has 1 unspecified atom stereocenters. The minimum atomic E-state index is -0.493. The first-order valence-electron chi connectivity index (χ1n) is 5.41. The standard InChI is InChI=1S/C12H12F2N2/c13-9-3-8-5-12(6-15-7-16-12)2-1-10(8)11(14)4-9/h3-4,7H,1-2,5-6H2,(H,15,16). The molecule has 1 atom stereocenters. The number of nitrogens with zero attached hydrogens (tertiary/aromatic N) is 1. The highest BCUT2D eigenvalue weighted by molar-refractivity contribution is 5.59. The van der Waals surface area contributed by atoms with Crippen LogP contribution in [0.2, 0.25) is 0 Å². The zero-order valence-corrected chi connectivity index (χ0v) is 8.76. The van der Waals surface area contributed by atoms with Crippen LogP contribution in [-0.2, 0) is 12.8 Å². The van der Waals surface area contributed by atoms with Crippen molar-refractivity contribution in [3.8, 4) is 0 Å². The van der Waals surface area contributed by atoms with Crippen molar-refractivity contribution in [1.82, 2.24) is 5.32 Å². The topological polar surface area (TPSA) is 24.4 Å². The molecule has 1 aliphatic carbocycles. The van der Waals surface area contributed by atoms with Crippen molar-refractivity contribution in [3.63, 3.8) is 0 Å². The third-order valence-corrected chi connectivity index (χ3v) is 3.49. The fraction of sp³-hybridized carbons (Fsp3) is 0.417. The summed E-state index contributed by atoms with van der Waals surface area (Å²) >= 11 is 0. The summed E-state index contributed by atoms with van der Waals surface area (Å²) in [4.78, 5) is 4.15. The Bertz CT molecular complexity index is 460. The van der Waals surface area contributed by atoms with Crippen LogP contribution >= 0.6 is 0 Å². The van der Waals surface area contributed by atoms with E-state index >= 15 is 0 Å². The minimum Gasteiger partial charge on any atom is -0.369 e. The second kappa shape index (κ2) is 3.27. The molecule has 2 aliphatic rings. The van der Waals surface area contributed by atoms with Crippen LogP contribution in [-0.4, -0.2) is 18.4 Å². The quantitative estimate of drug-likeness (QED) is 0.711. The zero-order valence-electron chi connectivity index (χ0n) is 8.76. The summed E-state index contributed by atoms with van der Waals surface area (Å²) in [5, 5.41) is 3.22. The first-order valence-corrected chi connectivity index (χ1v) is 5.41. The molecule has 16 heavy (non-hydrogen) atoms. The third kappa shape index (κ3) is 1.40. The summed E-state index contributed by atoms with van der Waals surface area (Å²) in [7, 11) is 0. The largest absolute Gasteiger partial charge is 0.369 e. The average Bonchev–Trinajstić information content (AvgIpc) is 2.65. The fourth-order valence-electron chi connectivity index (χ4n) is 2.62. The lowest BCUT2D eigenvalue weighted by molar-refractivity contribution is 0.357. The average molecular weight is 222 g/mol. The Hall–Kier alpha value is -1.45. The van der Waals surface area contributed by atoms with Gasteiger partial charge in [0, 0.05) is 6.07 Å². The van der Waals surface area contributed by atoms with Gasteiger partial charge in [0.1, 0.15) is 11.6 Å². The predicted molar refractivity (Wildman–Crippen MR) is 57.6 cm³/mol. The molecule has 4 heteroatoms. The summed E-state index contributed by atoms with van der Waals surface area (Å²) in [6.07, 6.45) is 3.85. The molecule has 0 saturated carbocycles. The summed E-state index contributed by atoms with van der Waals surface area (Å²) < 4.78 is 26.7. The van der Waals surface area contributed by atoms with Gasteiger partial charge in [-0.15, -0.1) is 0 Å². The molecule has 3 rings (SSSR count). The molecule has 0 amide bonds. The number of aliphatic imine (C=N–C) groups is 1. The molecule has 84 valence electrons. The van der Waals surface area contributed by atoms with Crippen molar-refractivity contribution in [2.75, 3.05) is 6.54 Å². The van der Waals surface area contributed by atoms with E-state index in [0.717, 1.165) is 18.1 Å². The highest BCUT2D eigenvalue weighted by Gasteiger charge is 2.36. The number of benzene rings is 1. The predicted octanol–water partition coefficient (Wildman–Crippen LogP) is 1.82. The van der Waals surface area contributed by atoms with Crippen LogP contribution in [0.1, 0.15) is 17.5 Å². The first kappa shape index (κ1) is 9.75. The highest BCUT2D eigenvalue weighted by Crippen LogP contribution is 2.32. The number of fused-ring (bicyclic) bond motifs is 1. The van der Waals surface area contributed by atoms with Gasteiger partial charge >= 0.3 is 0 Å². The number of hydrogen-bond acceptors (Lipinski definition) is 2. The van der Waals surface area contributed by atoms with E-state index < -0.39 is 11.6 Å². The molecule has 0 radical (unpaired) electrons. The van der Waals surface area contributed by atoms with Crippen LogP contribution in [0.15, 0.2) is 17.1 Å². The van der Waals surface area contributed by atoms with Crippen LogP contribution in [0.3, 0.4) is 0 Å². The van der Waals surface area contributed by atoms with E-state index in [0.29, 0.717) is 24.9 Å². The van der Waals surface area contributed by atoms with Crippen molar-refractivity contribution in [2.24, 2.45) is 4.99 Å². The maximum Gasteiger partial charge on any atom is 0.129 e. The third-order valence-electron chi connectivity index (χ3n) is 3.49. The van der Waals surface area contributed by atoms with Gasteiger partial charge in [0.15, 0.2) is 0 Å². The van der Waals surface area contributed by atoms with Gasteiger partial charge in [-0.3, -0.25) is 4.99 Å². The molecule has 1 aromatic rings. The molecule has 1 aromatic carbocycles. The van der Waals surface area contributed by atoms with Gasteiger partial charge < -0.3 is 5.32 Å². The van der Waals surface area contributed by atoms with Crippen molar-refractivity contribution in [1.29, 1.82) is 0 Å². The molecule has 1 N–H and O–H groups in total. The first-order chi connectivity index (χ1) is 7.69. The van der Waals surface area contributed by atoms with Crippen molar-refractivity contribution >= 4 is 6.34 Å². The fourth-order valence-corrected chi connectivity index (χ4v) is 2.62. The minimum absolute atomic E-state index is 0.104. The van der Waals surface area contributed by atoms with E-state index in [1.54, 1.807) is 6.34 Å². The zero-order chi connectivity index (χ0) is 11.2. The van der Waals surface area contributed by atoms with E-state index in [1.807, 2.05) is 0 Å². The van der Waals surface area contributed by atoms with E-state index in [4.69, 9.17) is 0 Å². The lowest BCUT2D eigenvalue weighted by atomic mass is 9.78. The molecule has 0 aromatic heterocycles. The summed E-state index contributed by atoms with van der Waals surface area (Å²) in [6.45, 7) is 0.699. The summed E-state index contributed by atoms with van der Waals surface area (Å²) in [5.74, 6) is -0.906. The van der Waals surface area contributed by atoms with Gasteiger partial charge in [-0.25, -0.2) is 8.78 Å². The van der Waals surface area contributed by atoms with Crippen molar-refractivity contribution in [2.45, 2.75) is 24.8 Å². The normalized spacial score (nSPS) is 26.9. The van der Waals surface area contributed by atoms with E-state index in [2.05, 4.69) is 10.3 Å². The molecule has 1 spiro atoms. The molecular weight excluding hydrogens is 210 g/mol. The Labute approximate surface area is 92.4 Å². The van der Waals surface area contributed by atoms with Gasteiger partial charge in [-0.05, 0) is 36.5 Å². The lowest BCUT2D eigenvalue weighted by Gasteiger charge is -2.34. The van der Waals surface area contributed by atoms with Crippen LogP contribution in [0.5, 0.6) is 0 Å². The number of nitrogens with one attached hydrogen (secondary N) is 1. The summed E-state index contributed by atoms with van der Waals surface area (Å²) in [6, 6.07) is 2.41. The van der Waals surface area contributed by atoms with E-state index in [-0.39, 0.29) is 5.54 Å². The number of rotatable bonds is 0. The lowest BCUT2D eigenvalue weighted by Crippen LogP contribution is -2.48. The SMILES string of the molecule is Fc1cc(F)c2c(c1)CC1(CC2)CN=CN1. The second-order valence-electron chi connectivity index (χ2n) is 4.60.